The maximum atomic E-state index is 12.1. The summed E-state index contributed by atoms with van der Waals surface area (Å²) in [6.07, 6.45) is 2.08. The van der Waals surface area contributed by atoms with Gasteiger partial charge in [0.25, 0.3) is 0 Å². The molecule has 0 spiro atoms. The lowest BCUT2D eigenvalue weighted by atomic mass is 9.91. The highest BCUT2D eigenvalue weighted by atomic mass is 16.1. The van der Waals surface area contributed by atoms with Gasteiger partial charge in [0.2, 0.25) is 0 Å². The lowest BCUT2D eigenvalue weighted by Gasteiger charge is -2.12. The Hall–Kier alpha value is -1.11. The van der Waals surface area contributed by atoms with Gasteiger partial charge in [-0.1, -0.05) is 45.4 Å². The molecule has 15 heavy (non-hydrogen) atoms. The zero-order valence-corrected chi connectivity index (χ0v) is 10.1. The van der Waals surface area contributed by atoms with Gasteiger partial charge in [-0.05, 0) is 24.5 Å². The van der Waals surface area contributed by atoms with Gasteiger partial charge < -0.3 is 0 Å². The van der Waals surface area contributed by atoms with Crippen LogP contribution in [0.4, 0.5) is 0 Å². The molecule has 0 bridgehead atoms. The van der Waals surface area contributed by atoms with Crippen LogP contribution in [0.1, 0.15) is 48.7 Å². The Morgan fingerprint density at radius 2 is 2.00 bits per heavy atom. The van der Waals surface area contributed by atoms with Crippen molar-refractivity contribution in [3.63, 3.8) is 0 Å². The second-order valence-corrected chi connectivity index (χ2v) is 4.38. The quantitative estimate of drug-likeness (QED) is 0.682. The van der Waals surface area contributed by atoms with Crippen LogP contribution in [0.15, 0.2) is 18.2 Å². The third-order valence-electron chi connectivity index (χ3n) is 2.65. The summed E-state index contributed by atoms with van der Waals surface area (Å²) in [5.41, 5.74) is 3.27. The van der Waals surface area contributed by atoms with Gasteiger partial charge in [0.05, 0.1) is 0 Å². The number of rotatable bonds is 4. The summed E-state index contributed by atoms with van der Waals surface area (Å²) in [6, 6.07) is 6.14. The highest BCUT2D eigenvalue weighted by molar-refractivity contribution is 6.00. The number of hydrogen-bond donors (Lipinski definition) is 0. The van der Waals surface area contributed by atoms with Gasteiger partial charge in [-0.2, -0.15) is 0 Å². The third-order valence-corrected chi connectivity index (χ3v) is 2.65. The van der Waals surface area contributed by atoms with Crippen molar-refractivity contribution in [2.24, 2.45) is 5.92 Å². The predicted octanol–water partition coefficient (Wildman–Crippen LogP) is 3.79. The number of aryl methyl sites for hydroxylation is 2. The van der Waals surface area contributed by atoms with E-state index >= 15 is 0 Å². The fourth-order valence-corrected chi connectivity index (χ4v) is 1.85. The molecule has 0 amide bonds. The van der Waals surface area contributed by atoms with E-state index in [0.29, 0.717) is 0 Å². The van der Waals surface area contributed by atoms with Crippen LogP contribution in [-0.2, 0) is 6.42 Å². The van der Waals surface area contributed by atoms with E-state index in [1.807, 2.05) is 32.9 Å². The minimum Gasteiger partial charge on any atom is -0.294 e. The van der Waals surface area contributed by atoms with Crippen LogP contribution < -0.4 is 0 Å². The second kappa shape index (κ2) is 5.11. The fourth-order valence-electron chi connectivity index (χ4n) is 1.85. The standard InChI is InChI=1S/C14H20O/c1-5-7-12-9-6-8-11(4)13(12)14(15)10(2)3/h6,8-10H,5,7H2,1-4H3. The molecule has 0 aliphatic heterocycles. The van der Waals surface area contributed by atoms with Gasteiger partial charge in [-0.3, -0.25) is 4.79 Å². The Labute approximate surface area is 92.5 Å². The Morgan fingerprint density at radius 3 is 2.53 bits per heavy atom. The van der Waals surface area contributed by atoms with E-state index < -0.39 is 0 Å². The number of carbonyl (C=O) groups excluding carboxylic acids is 1. The average molecular weight is 204 g/mol. The number of Topliss-reactive ketones (excluding diaryl/α,β-unsaturated/α-hetero) is 1. The molecule has 0 aliphatic carbocycles. The minimum atomic E-state index is 0.0849. The molecular formula is C14H20O. The maximum absolute atomic E-state index is 12.1. The van der Waals surface area contributed by atoms with Crippen LogP contribution in [-0.4, -0.2) is 5.78 Å². The molecule has 0 aliphatic rings. The molecule has 1 heteroatoms. The van der Waals surface area contributed by atoms with Crippen molar-refractivity contribution in [2.45, 2.75) is 40.5 Å². The largest absolute Gasteiger partial charge is 0.294 e. The molecule has 1 aromatic rings. The Morgan fingerprint density at radius 1 is 1.33 bits per heavy atom. The molecule has 0 radical (unpaired) electrons. The van der Waals surface area contributed by atoms with Crippen LogP contribution >= 0.6 is 0 Å². The first-order valence-electron chi connectivity index (χ1n) is 5.70. The van der Waals surface area contributed by atoms with Crippen molar-refractivity contribution in [1.82, 2.24) is 0 Å². The highest BCUT2D eigenvalue weighted by Crippen LogP contribution is 2.19. The van der Waals surface area contributed by atoms with Gasteiger partial charge in [0.15, 0.2) is 5.78 Å². The predicted molar refractivity (Wildman–Crippen MR) is 64.3 cm³/mol. The monoisotopic (exact) mass is 204 g/mol. The maximum Gasteiger partial charge on any atom is 0.165 e. The summed E-state index contributed by atoms with van der Waals surface area (Å²) in [5.74, 6) is 0.359. The van der Waals surface area contributed by atoms with Gasteiger partial charge in [-0.15, -0.1) is 0 Å². The van der Waals surface area contributed by atoms with Crippen molar-refractivity contribution in [3.8, 4) is 0 Å². The average Bonchev–Trinajstić information content (AvgIpc) is 2.17. The number of carbonyl (C=O) groups is 1. The molecule has 82 valence electrons. The molecular weight excluding hydrogens is 184 g/mol. The van der Waals surface area contributed by atoms with Gasteiger partial charge in [0.1, 0.15) is 0 Å². The minimum absolute atomic E-state index is 0.0849. The summed E-state index contributed by atoms with van der Waals surface area (Å²) in [7, 11) is 0. The summed E-state index contributed by atoms with van der Waals surface area (Å²) < 4.78 is 0. The zero-order valence-electron chi connectivity index (χ0n) is 10.1. The normalized spacial score (nSPS) is 10.7. The number of hydrogen-bond acceptors (Lipinski definition) is 1. The van der Waals surface area contributed by atoms with E-state index in [4.69, 9.17) is 0 Å². The molecule has 1 nitrogen and oxygen atoms in total. The van der Waals surface area contributed by atoms with E-state index in [9.17, 15) is 4.79 Å². The Balaban J connectivity index is 3.18. The summed E-state index contributed by atoms with van der Waals surface area (Å²) in [4.78, 5) is 12.1. The Bertz CT molecular complexity index is 350. The molecule has 0 N–H and O–H groups in total. The highest BCUT2D eigenvalue weighted by Gasteiger charge is 2.16. The van der Waals surface area contributed by atoms with Crippen LogP contribution in [0.3, 0.4) is 0 Å². The van der Waals surface area contributed by atoms with Crippen LogP contribution in [0.25, 0.3) is 0 Å². The third kappa shape index (κ3) is 2.68. The smallest absolute Gasteiger partial charge is 0.165 e. The van der Waals surface area contributed by atoms with Gasteiger partial charge in [0, 0.05) is 11.5 Å². The fraction of sp³-hybridized carbons (Fsp3) is 0.500. The van der Waals surface area contributed by atoms with Crippen molar-refractivity contribution in [2.75, 3.05) is 0 Å². The molecule has 1 rings (SSSR count). The Kier molecular flexibility index (Phi) is 4.07. The summed E-state index contributed by atoms with van der Waals surface area (Å²) in [6.45, 7) is 8.09. The first-order chi connectivity index (χ1) is 7.07. The molecule has 1 aromatic carbocycles. The lowest BCUT2D eigenvalue weighted by Crippen LogP contribution is -2.12. The second-order valence-electron chi connectivity index (χ2n) is 4.38. The van der Waals surface area contributed by atoms with Gasteiger partial charge >= 0.3 is 0 Å². The number of ketones is 1. The van der Waals surface area contributed by atoms with Gasteiger partial charge in [-0.25, -0.2) is 0 Å². The zero-order chi connectivity index (χ0) is 11.4. The molecule has 0 saturated carbocycles. The van der Waals surface area contributed by atoms with E-state index in [0.717, 1.165) is 24.0 Å². The lowest BCUT2D eigenvalue weighted by molar-refractivity contribution is 0.0938. The van der Waals surface area contributed by atoms with Crippen molar-refractivity contribution in [3.05, 3.63) is 34.9 Å². The molecule has 0 unspecified atom stereocenters. The molecule has 0 saturated heterocycles. The molecule has 0 aromatic heterocycles. The van der Waals surface area contributed by atoms with Crippen LogP contribution in [0.5, 0.6) is 0 Å². The first kappa shape index (κ1) is 12.0. The molecule has 0 heterocycles. The van der Waals surface area contributed by atoms with Crippen molar-refractivity contribution >= 4 is 5.78 Å². The van der Waals surface area contributed by atoms with E-state index in [-0.39, 0.29) is 11.7 Å². The SMILES string of the molecule is CCCc1cccc(C)c1C(=O)C(C)C. The van der Waals surface area contributed by atoms with Crippen LogP contribution in [0, 0.1) is 12.8 Å². The molecule has 0 fully saturated rings. The van der Waals surface area contributed by atoms with E-state index in [1.54, 1.807) is 0 Å². The van der Waals surface area contributed by atoms with Crippen molar-refractivity contribution < 1.29 is 4.79 Å². The van der Waals surface area contributed by atoms with E-state index in [1.165, 1.54) is 5.56 Å². The van der Waals surface area contributed by atoms with E-state index in [2.05, 4.69) is 13.0 Å². The molecule has 0 atom stereocenters. The summed E-state index contributed by atoms with van der Waals surface area (Å²) in [5, 5.41) is 0. The topological polar surface area (TPSA) is 17.1 Å². The summed E-state index contributed by atoms with van der Waals surface area (Å²) >= 11 is 0. The van der Waals surface area contributed by atoms with Crippen molar-refractivity contribution in [1.29, 1.82) is 0 Å². The first-order valence-corrected chi connectivity index (χ1v) is 5.70. The number of benzene rings is 1. The van der Waals surface area contributed by atoms with Crippen LogP contribution in [0.2, 0.25) is 0 Å².